The molecule has 1 fully saturated rings. The van der Waals surface area contributed by atoms with Crippen LogP contribution in [0.2, 0.25) is 5.02 Å². The molecule has 174 valence electrons. The summed E-state index contributed by atoms with van der Waals surface area (Å²) in [7, 11) is 0. The number of carbonyl (C=O) groups excluding carboxylic acids is 2. The highest BCUT2D eigenvalue weighted by atomic mass is 35.5. The Morgan fingerprint density at radius 2 is 1.76 bits per heavy atom. The second-order valence-electron chi connectivity index (χ2n) is 7.57. The first kappa shape index (κ1) is 23.1. The molecule has 2 heterocycles. The van der Waals surface area contributed by atoms with Crippen molar-refractivity contribution in [1.29, 1.82) is 0 Å². The molecule has 0 saturated carbocycles. The van der Waals surface area contributed by atoms with Crippen LogP contribution in [-0.2, 0) is 4.79 Å². The van der Waals surface area contributed by atoms with E-state index in [2.05, 4.69) is 5.32 Å². The third-order valence-electron chi connectivity index (χ3n) is 5.35. The van der Waals surface area contributed by atoms with Crippen LogP contribution < -0.4 is 10.2 Å². The van der Waals surface area contributed by atoms with Crippen molar-refractivity contribution < 1.29 is 18.9 Å². The van der Waals surface area contributed by atoms with Gasteiger partial charge in [-0.3, -0.25) is 19.7 Å². The number of nitrogens with one attached hydrogen (secondary N) is 1. The average Bonchev–Trinajstić information content (AvgIpc) is 3.35. The minimum Gasteiger partial charge on any atom is -0.395 e. The van der Waals surface area contributed by atoms with Crippen LogP contribution in [0, 0.1) is 10.1 Å². The Labute approximate surface area is 200 Å². The van der Waals surface area contributed by atoms with Crippen molar-refractivity contribution in [2.45, 2.75) is 0 Å². The summed E-state index contributed by atoms with van der Waals surface area (Å²) in [4.78, 5) is 39.1. The molecule has 0 atom stereocenters. The summed E-state index contributed by atoms with van der Waals surface area (Å²) < 4.78 is 4.98. The van der Waals surface area contributed by atoms with Gasteiger partial charge in [-0.1, -0.05) is 41.9 Å². The van der Waals surface area contributed by atoms with E-state index in [1.165, 1.54) is 6.07 Å². The number of amides is 2. The van der Waals surface area contributed by atoms with E-state index in [0.29, 0.717) is 36.9 Å². The molecule has 9 nitrogen and oxygen atoms in total. The van der Waals surface area contributed by atoms with E-state index in [4.69, 9.17) is 16.0 Å². The normalized spacial score (nSPS) is 13.8. The summed E-state index contributed by atoms with van der Waals surface area (Å²) in [6.45, 7) is 2.14. The number of carbonyl (C=O) groups is 2. The molecule has 0 spiro atoms. The number of rotatable bonds is 6. The fourth-order valence-corrected chi connectivity index (χ4v) is 3.79. The number of hydrogen-bond donors (Lipinski definition) is 1. The molecule has 4 rings (SSSR count). The van der Waals surface area contributed by atoms with Gasteiger partial charge in [-0.2, -0.15) is 0 Å². The number of halogens is 1. The van der Waals surface area contributed by atoms with Crippen LogP contribution in [0.25, 0.3) is 6.08 Å². The summed E-state index contributed by atoms with van der Waals surface area (Å²) in [5, 5.41) is 13.9. The number of anilines is 2. The highest BCUT2D eigenvalue weighted by molar-refractivity contribution is 6.31. The van der Waals surface area contributed by atoms with Crippen LogP contribution in [0.15, 0.2) is 71.2 Å². The van der Waals surface area contributed by atoms with Crippen molar-refractivity contribution in [1.82, 2.24) is 4.90 Å². The van der Waals surface area contributed by atoms with Gasteiger partial charge in [-0.25, -0.2) is 0 Å². The number of nitrogens with zero attached hydrogens (tertiary/aromatic N) is 3. The van der Waals surface area contributed by atoms with E-state index >= 15 is 0 Å². The molecule has 0 bridgehead atoms. The Hall–Kier alpha value is -4.11. The van der Waals surface area contributed by atoms with Crippen LogP contribution in [-0.4, -0.2) is 47.8 Å². The third-order valence-corrected chi connectivity index (χ3v) is 5.59. The topological polar surface area (TPSA) is 109 Å². The molecule has 0 radical (unpaired) electrons. The molecule has 0 unspecified atom stereocenters. The monoisotopic (exact) mass is 480 g/mol. The molecule has 1 aliphatic rings. The molecule has 2 aromatic carbocycles. The van der Waals surface area contributed by atoms with Gasteiger partial charge in [-0.05, 0) is 35.9 Å². The number of piperazine rings is 1. The number of nitro groups is 1. The van der Waals surface area contributed by atoms with Gasteiger partial charge in [0.1, 0.15) is 4.92 Å². The minimum absolute atomic E-state index is 0.0625. The summed E-state index contributed by atoms with van der Waals surface area (Å²) in [5.74, 6) is -1.39. The molecule has 3 aromatic rings. The van der Waals surface area contributed by atoms with Crippen molar-refractivity contribution in [3.8, 4) is 0 Å². The van der Waals surface area contributed by atoms with Crippen molar-refractivity contribution in [3.05, 3.63) is 93.2 Å². The Balaban J connectivity index is 1.42. The Bertz CT molecular complexity index is 1230. The Morgan fingerprint density at radius 1 is 1.03 bits per heavy atom. The van der Waals surface area contributed by atoms with Crippen molar-refractivity contribution >= 4 is 46.8 Å². The highest BCUT2D eigenvalue weighted by Gasteiger charge is 2.23. The SMILES string of the molecule is O=C(Nc1cc(Cl)ccc1N1CCN(C(=O)/C=C/c2ccccc2)CC1)c1ccc([N+](=O)[O-])o1. The molecule has 1 aromatic heterocycles. The minimum atomic E-state index is -0.711. The van der Waals surface area contributed by atoms with Crippen molar-refractivity contribution in [3.63, 3.8) is 0 Å². The fourth-order valence-electron chi connectivity index (χ4n) is 3.62. The first-order valence-corrected chi connectivity index (χ1v) is 10.9. The Morgan fingerprint density at radius 3 is 2.44 bits per heavy atom. The molecule has 0 aliphatic carbocycles. The van der Waals surface area contributed by atoms with E-state index in [9.17, 15) is 19.7 Å². The lowest BCUT2D eigenvalue weighted by atomic mass is 10.2. The molecule has 1 N–H and O–H groups in total. The predicted octanol–water partition coefficient (Wildman–Crippen LogP) is 4.46. The molecule has 2 amide bonds. The smallest absolute Gasteiger partial charge is 0.395 e. The summed E-state index contributed by atoms with van der Waals surface area (Å²) >= 11 is 6.14. The van der Waals surface area contributed by atoms with Crippen LogP contribution in [0.1, 0.15) is 16.1 Å². The van der Waals surface area contributed by atoms with E-state index in [0.717, 1.165) is 17.3 Å². The Kier molecular flexibility index (Phi) is 6.93. The first-order valence-electron chi connectivity index (χ1n) is 10.5. The summed E-state index contributed by atoms with van der Waals surface area (Å²) in [6.07, 6.45) is 3.36. The molecule has 34 heavy (non-hydrogen) atoms. The van der Waals surface area contributed by atoms with Gasteiger partial charge in [0.05, 0.1) is 17.4 Å². The number of furan rings is 1. The first-order chi connectivity index (χ1) is 16.4. The maximum Gasteiger partial charge on any atom is 0.433 e. The van der Waals surface area contributed by atoms with Crippen molar-refractivity contribution in [2.24, 2.45) is 0 Å². The van der Waals surface area contributed by atoms with Crippen LogP contribution >= 0.6 is 11.6 Å². The lowest BCUT2D eigenvalue weighted by Gasteiger charge is -2.36. The van der Waals surface area contributed by atoms with Crippen LogP contribution in [0.5, 0.6) is 0 Å². The molecule has 1 saturated heterocycles. The fraction of sp³-hybridized carbons (Fsp3) is 0.167. The second kappa shape index (κ2) is 10.2. The molecular formula is C24H21ClN4O5. The zero-order valence-electron chi connectivity index (χ0n) is 18.0. The van der Waals surface area contributed by atoms with Gasteiger partial charge < -0.3 is 19.5 Å². The second-order valence-corrected chi connectivity index (χ2v) is 8.00. The largest absolute Gasteiger partial charge is 0.433 e. The molecular weight excluding hydrogens is 460 g/mol. The quantitative estimate of drug-likeness (QED) is 0.317. The van der Waals surface area contributed by atoms with Gasteiger partial charge >= 0.3 is 5.88 Å². The lowest BCUT2D eigenvalue weighted by Crippen LogP contribution is -2.48. The van der Waals surface area contributed by atoms with E-state index in [1.54, 1.807) is 35.3 Å². The van der Waals surface area contributed by atoms with Gasteiger partial charge in [-0.15, -0.1) is 0 Å². The standard InChI is InChI=1S/C24H21ClN4O5/c25-18-7-8-20(19(16-18)26-24(31)21-9-11-23(34-21)29(32)33)27-12-14-28(15-13-27)22(30)10-6-17-4-2-1-3-5-17/h1-11,16H,12-15H2,(H,26,31)/b10-6+. The maximum absolute atomic E-state index is 12.6. The third kappa shape index (κ3) is 5.44. The van der Waals surface area contributed by atoms with Gasteiger partial charge in [0.25, 0.3) is 5.91 Å². The van der Waals surface area contributed by atoms with E-state index < -0.39 is 16.7 Å². The van der Waals surface area contributed by atoms with E-state index in [-0.39, 0.29) is 11.7 Å². The summed E-state index contributed by atoms with van der Waals surface area (Å²) in [5.41, 5.74) is 2.13. The van der Waals surface area contributed by atoms with Gasteiger partial charge in [0.2, 0.25) is 5.91 Å². The van der Waals surface area contributed by atoms with E-state index in [1.807, 2.05) is 35.2 Å². The van der Waals surface area contributed by atoms with Gasteiger partial charge in [0, 0.05) is 37.3 Å². The van der Waals surface area contributed by atoms with Crippen molar-refractivity contribution in [2.75, 3.05) is 36.4 Å². The lowest BCUT2D eigenvalue weighted by molar-refractivity contribution is -0.402. The molecule has 1 aliphatic heterocycles. The van der Waals surface area contributed by atoms with Crippen LogP contribution in [0.3, 0.4) is 0 Å². The zero-order valence-corrected chi connectivity index (χ0v) is 18.8. The van der Waals surface area contributed by atoms with Crippen LogP contribution in [0.4, 0.5) is 17.3 Å². The predicted molar refractivity (Wildman–Crippen MR) is 129 cm³/mol. The number of benzene rings is 2. The average molecular weight is 481 g/mol. The highest BCUT2D eigenvalue weighted by Crippen LogP contribution is 2.31. The number of hydrogen-bond acceptors (Lipinski definition) is 6. The zero-order chi connectivity index (χ0) is 24.1. The molecule has 10 heteroatoms. The summed E-state index contributed by atoms with van der Waals surface area (Å²) in [6, 6.07) is 17.1. The maximum atomic E-state index is 12.6. The van der Waals surface area contributed by atoms with Gasteiger partial charge in [0.15, 0.2) is 5.76 Å².